The lowest BCUT2D eigenvalue weighted by Crippen LogP contribution is -2.16. The van der Waals surface area contributed by atoms with Crippen molar-refractivity contribution < 1.29 is 49.9 Å². The van der Waals surface area contributed by atoms with Crippen LogP contribution in [0.15, 0.2) is 174 Å². The molecule has 0 atom stereocenters. The van der Waals surface area contributed by atoms with Crippen LogP contribution >= 0.6 is 0 Å². The van der Waals surface area contributed by atoms with Crippen molar-refractivity contribution in [2.45, 2.75) is 23.1 Å². The molecule has 0 aromatic heterocycles. The van der Waals surface area contributed by atoms with Gasteiger partial charge in [0.2, 0.25) is 5.91 Å². The van der Waals surface area contributed by atoms with E-state index in [1.165, 1.54) is 42.5 Å². The number of rotatable bonds is 13. The monoisotopic (exact) mass is 961 g/mol. The molecule has 0 saturated heterocycles. The fraction of sp³-hybridized carbons (Fsp3) is 0.0392. The molecule has 8 aromatic rings. The first-order valence-electron chi connectivity index (χ1n) is 20.8. The molecule has 0 radical (unpaired) electrons. The van der Waals surface area contributed by atoms with E-state index < -0.39 is 43.9 Å². The lowest BCUT2D eigenvalue weighted by Gasteiger charge is -2.13. The Morgan fingerprint density at radius 1 is 0.449 bits per heavy atom. The number of benzene rings is 8. The second-order valence-electron chi connectivity index (χ2n) is 15.7. The SMILES string of the molecule is Cc1cc(S(=O)(=O)O)cc2cccc(NC(=O)c3ccc(NC(=O)c4ccc(CC(=O)Nc5ccc(C(=O)Nc6ccc(C(=O)Nc7ccc(S(=O)(=O)O)c8ccccc78)cc6)cc5)cc4)cc3)c12. The van der Waals surface area contributed by atoms with E-state index in [0.717, 1.165) is 0 Å². The third kappa shape index (κ3) is 11.0. The second kappa shape index (κ2) is 19.4. The van der Waals surface area contributed by atoms with Crippen molar-refractivity contribution >= 4 is 99.8 Å². The Labute approximate surface area is 394 Å². The van der Waals surface area contributed by atoms with E-state index in [-0.39, 0.29) is 33.1 Å². The van der Waals surface area contributed by atoms with E-state index in [1.807, 2.05) is 0 Å². The molecule has 5 amide bonds. The highest BCUT2D eigenvalue weighted by Crippen LogP contribution is 2.32. The van der Waals surface area contributed by atoms with E-state index in [4.69, 9.17) is 0 Å². The van der Waals surface area contributed by atoms with Crippen molar-refractivity contribution in [3.8, 4) is 0 Å². The smallest absolute Gasteiger partial charge is 0.295 e. The second-order valence-corrected chi connectivity index (χ2v) is 18.5. The molecule has 8 rings (SSSR count). The third-order valence-electron chi connectivity index (χ3n) is 10.9. The van der Waals surface area contributed by atoms with Gasteiger partial charge in [-0.2, -0.15) is 16.8 Å². The van der Waals surface area contributed by atoms with Gasteiger partial charge in [0.25, 0.3) is 43.9 Å². The predicted molar refractivity (Wildman–Crippen MR) is 262 cm³/mol. The highest BCUT2D eigenvalue weighted by molar-refractivity contribution is 7.86. The number of amides is 5. The number of carbonyl (C=O) groups is 5. The minimum atomic E-state index is -4.49. The van der Waals surface area contributed by atoms with Gasteiger partial charge >= 0.3 is 0 Å². The molecule has 0 aliphatic carbocycles. The van der Waals surface area contributed by atoms with Crippen LogP contribution < -0.4 is 26.6 Å². The van der Waals surface area contributed by atoms with Crippen molar-refractivity contribution in [2.75, 3.05) is 26.6 Å². The van der Waals surface area contributed by atoms with E-state index in [0.29, 0.717) is 72.4 Å². The molecule has 16 nitrogen and oxygen atoms in total. The van der Waals surface area contributed by atoms with Gasteiger partial charge in [-0.05, 0) is 139 Å². The number of carbonyl (C=O) groups excluding carboxylic acids is 5. The fourth-order valence-electron chi connectivity index (χ4n) is 7.54. The summed E-state index contributed by atoms with van der Waals surface area (Å²) in [5.41, 5.74) is 4.47. The molecule has 8 aromatic carbocycles. The van der Waals surface area contributed by atoms with Gasteiger partial charge in [-0.15, -0.1) is 0 Å². The number of hydrogen-bond donors (Lipinski definition) is 7. The number of fused-ring (bicyclic) bond motifs is 2. The van der Waals surface area contributed by atoms with E-state index >= 15 is 0 Å². The van der Waals surface area contributed by atoms with Crippen molar-refractivity contribution in [2.24, 2.45) is 0 Å². The molecule has 0 saturated carbocycles. The van der Waals surface area contributed by atoms with E-state index in [1.54, 1.807) is 128 Å². The molecule has 0 spiro atoms. The summed E-state index contributed by atoms with van der Waals surface area (Å²) >= 11 is 0. The van der Waals surface area contributed by atoms with Crippen LogP contribution in [0.25, 0.3) is 21.5 Å². The van der Waals surface area contributed by atoms with Crippen LogP contribution in [-0.2, 0) is 31.5 Å². The number of hydrogen-bond acceptors (Lipinski definition) is 9. The first-order chi connectivity index (χ1) is 32.9. The summed E-state index contributed by atoms with van der Waals surface area (Å²) < 4.78 is 66.2. The van der Waals surface area contributed by atoms with Crippen molar-refractivity contribution in [1.82, 2.24) is 0 Å². The van der Waals surface area contributed by atoms with E-state index in [2.05, 4.69) is 26.6 Å². The van der Waals surface area contributed by atoms with Crippen LogP contribution in [-0.4, -0.2) is 55.5 Å². The van der Waals surface area contributed by atoms with Gasteiger partial charge in [0.05, 0.1) is 11.3 Å². The van der Waals surface area contributed by atoms with Crippen molar-refractivity contribution in [3.63, 3.8) is 0 Å². The fourth-order valence-corrected chi connectivity index (χ4v) is 8.84. The summed E-state index contributed by atoms with van der Waals surface area (Å²) in [4.78, 5) is 64.7. The zero-order valence-corrected chi connectivity index (χ0v) is 37.8. The van der Waals surface area contributed by atoms with E-state index in [9.17, 15) is 49.9 Å². The van der Waals surface area contributed by atoms with Gasteiger partial charge in [0, 0.05) is 66.8 Å². The zero-order chi connectivity index (χ0) is 49.0. The first-order valence-corrected chi connectivity index (χ1v) is 23.7. The van der Waals surface area contributed by atoms with Crippen LogP contribution in [0.2, 0.25) is 0 Å². The summed E-state index contributed by atoms with van der Waals surface area (Å²) in [7, 11) is -8.91. The molecule has 0 fully saturated rings. The highest BCUT2D eigenvalue weighted by Gasteiger charge is 2.19. The Balaban J connectivity index is 0.798. The summed E-state index contributed by atoms with van der Waals surface area (Å²) in [6.45, 7) is 1.67. The van der Waals surface area contributed by atoms with Gasteiger partial charge in [-0.3, -0.25) is 33.1 Å². The molecule has 346 valence electrons. The maximum atomic E-state index is 13.2. The number of aryl methyl sites for hydroxylation is 1. The molecule has 0 bridgehead atoms. The average molecular weight is 962 g/mol. The maximum absolute atomic E-state index is 13.2. The van der Waals surface area contributed by atoms with Gasteiger partial charge in [0.15, 0.2) is 0 Å². The van der Waals surface area contributed by atoms with Crippen molar-refractivity contribution in [1.29, 1.82) is 0 Å². The Morgan fingerprint density at radius 2 is 0.913 bits per heavy atom. The van der Waals surface area contributed by atoms with Crippen LogP contribution in [0, 0.1) is 6.92 Å². The van der Waals surface area contributed by atoms with Crippen LogP contribution in [0.4, 0.5) is 28.4 Å². The summed E-state index contributed by atoms with van der Waals surface area (Å²) in [5, 5.41) is 15.7. The molecule has 0 aliphatic heterocycles. The van der Waals surface area contributed by atoms with Crippen LogP contribution in [0.5, 0.6) is 0 Å². The minimum absolute atomic E-state index is 0.00252. The molecule has 0 unspecified atom stereocenters. The van der Waals surface area contributed by atoms with Gasteiger partial charge in [-0.1, -0.05) is 48.5 Å². The van der Waals surface area contributed by atoms with Crippen LogP contribution in [0.3, 0.4) is 0 Å². The van der Waals surface area contributed by atoms with Gasteiger partial charge in [0.1, 0.15) is 4.90 Å². The van der Waals surface area contributed by atoms with Gasteiger partial charge < -0.3 is 26.6 Å². The average Bonchev–Trinajstić information content (AvgIpc) is 3.31. The Bertz CT molecular complexity index is 3590. The highest BCUT2D eigenvalue weighted by atomic mass is 32.2. The minimum Gasteiger partial charge on any atom is -0.326 e. The standard InChI is InChI=1S/C51H39N5O11S2/c1-30-27-40(68(62,63)64)29-36-5-4-8-44(47(30)36)56-51(61)35-17-23-38(24-18-35)53-48(58)32-11-9-31(10-12-32)28-46(57)52-37-19-13-33(14-20-37)49(59)54-39-21-15-34(16-22-39)50(60)55-43-25-26-45(69(65,66)67)42-7-3-2-6-41(42)43/h2-27,29H,28H2,1H3,(H,52,57)(H,53,58)(H,54,59)(H,55,60)(H,56,61)(H,62,63,64)(H,65,66,67). The predicted octanol–water partition coefficient (Wildman–Crippen LogP) is 8.99. The number of nitrogens with one attached hydrogen (secondary N) is 5. The summed E-state index contributed by atoms with van der Waals surface area (Å²) in [6, 6.07) is 41.8. The Morgan fingerprint density at radius 3 is 1.42 bits per heavy atom. The molecule has 69 heavy (non-hydrogen) atoms. The third-order valence-corrected chi connectivity index (χ3v) is 12.7. The molecule has 0 aliphatic rings. The van der Waals surface area contributed by atoms with Crippen molar-refractivity contribution in [3.05, 3.63) is 197 Å². The molecular formula is C51H39N5O11S2. The molecule has 7 N–H and O–H groups in total. The molecule has 18 heteroatoms. The Kier molecular flexibility index (Phi) is 13.2. The molecule has 0 heterocycles. The topological polar surface area (TPSA) is 254 Å². The number of anilines is 5. The summed E-state index contributed by atoms with van der Waals surface area (Å²) in [5.74, 6) is -2.10. The van der Waals surface area contributed by atoms with Crippen LogP contribution in [0.1, 0.15) is 52.6 Å². The zero-order valence-electron chi connectivity index (χ0n) is 36.2. The quantitative estimate of drug-likeness (QED) is 0.0537. The Hall–Kier alpha value is -8.55. The summed E-state index contributed by atoms with van der Waals surface area (Å²) in [6.07, 6.45) is 0.00252. The lowest BCUT2D eigenvalue weighted by molar-refractivity contribution is -0.115. The first kappa shape index (κ1) is 47.0. The largest absolute Gasteiger partial charge is 0.326 e. The normalized spacial score (nSPS) is 11.4. The van der Waals surface area contributed by atoms with Gasteiger partial charge in [-0.25, -0.2) is 0 Å². The maximum Gasteiger partial charge on any atom is 0.295 e. The lowest BCUT2D eigenvalue weighted by atomic mass is 10.0. The molecular weight excluding hydrogens is 923 g/mol.